The van der Waals surface area contributed by atoms with E-state index in [9.17, 15) is 0 Å². The van der Waals surface area contributed by atoms with E-state index in [1.54, 1.807) is 0 Å². The zero-order valence-corrected chi connectivity index (χ0v) is 21.4. The second-order valence-electron chi connectivity index (χ2n) is 7.90. The van der Waals surface area contributed by atoms with Gasteiger partial charge in [-0.15, -0.1) is 58.6 Å². The average Bonchev–Trinajstić information content (AvgIpc) is 3.41. The molecule has 4 aromatic carbocycles. The fourth-order valence-electron chi connectivity index (χ4n) is 4.62. The first-order valence-electron chi connectivity index (χ1n) is 10.6. The Balaban J connectivity index is 0.00000206. The summed E-state index contributed by atoms with van der Waals surface area (Å²) >= 11 is 3.77. The Labute approximate surface area is 212 Å². The van der Waals surface area contributed by atoms with E-state index >= 15 is 0 Å². The molecule has 0 aliphatic carbocycles. The van der Waals surface area contributed by atoms with Gasteiger partial charge in [0, 0.05) is 72.2 Å². The summed E-state index contributed by atoms with van der Waals surface area (Å²) in [5.74, 6) is 0. The molecule has 0 N–H and O–H groups in total. The van der Waals surface area contributed by atoms with E-state index in [4.69, 9.17) is 0 Å². The number of benzene rings is 4. The summed E-state index contributed by atoms with van der Waals surface area (Å²) in [7, 11) is 0. The van der Waals surface area contributed by atoms with Crippen molar-refractivity contribution >= 4 is 63.0 Å². The summed E-state index contributed by atoms with van der Waals surface area (Å²) in [6.45, 7) is 0. The van der Waals surface area contributed by atoms with E-state index in [1.807, 2.05) is 47.1 Å². The van der Waals surface area contributed by atoms with Gasteiger partial charge in [0.25, 0.3) is 0 Å². The third-order valence-electron chi connectivity index (χ3n) is 6.04. The maximum absolute atomic E-state index is 4.66. The monoisotopic (exact) mass is 635 g/mol. The van der Waals surface area contributed by atoms with E-state index in [1.165, 1.54) is 51.5 Å². The Morgan fingerprint density at radius 2 is 1.42 bits per heavy atom. The van der Waals surface area contributed by atoms with Crippen LogP contribution in [0.5, 0.6) is 0 Å². The van der Waals surface area contributed by atoms with E-state index in [0.717, 1.165) is 11.3 Å². The zero-order valence-electron chi connectivity index (χ0n) is 17.3. The third-order valence-corrected chi connectivity index (χ3v) is 8.36. The van der Waals surface area contributed by atoms with Gasteiger partial charge in [0.1, 0.15) is 0 Å². The van der Waals surface area contributed by atoms with Gasteiger partial charge >= 0.3 is 0 Å². The predicted molar refractivity (Wildman–Crippen MR) is 140 cm³/mol. The number of rotatable bonds is 2. The molecule has 3 aromatic heterocycles. The normalized spacial score (nSPS) is 11.4. The minimum Gasteiger partial charge on any atom is -0.305 e. The Bertz CT molecular complexity index is 1770. The van der Waals surface area contributed by atoms with Crippen LogP contribution in [0.1, 0.15) is 0 Å². The molecule has 159 valence electrons. The molecule has 0 aliphatic rings. The van der Waals surface area contributed by atoms with Gasteiger partial charge in [0.2, 0.25) is 0 Å². The average molecular weight is 635 g/mol. The van der Waals surface area contributed by atoms with Crippen LogP contribution in [-0.4, -0.2) is 4.98 Å². The fraction of sp³-hybridized carbons (Fsp3) is 0. The van der Waals surface area contributed by atoms with Crippen molar-refractivity contribution in [1.82, 2.24) is 4.98 Å². The van der Waals surface area contributed by atoms with Crippen LogP contribution in [0.2, 0.25) is 0 Å². The molecule has 0 fully saturated rings. The van der Waals surface area contributed by atoms with Crippen molar-refractivity contribution in [2.75, 3.05) is 0 Å². The standard InChI is InChI=1S/C29H16NS2.Ir/c1-2-8-18(9-3-1)23-16-19(14-15-30-23)27-28-21-11-5-7-13-25(21)31-26(28)17-22-20-10-4-6-12-24(20)32-29(22)27;/h1-8,10-17H;/q-1;. The summed E-state index contributed by atoms with van der Waals surface area (Å²) in [5.41, 5.74) is 4.49. The van der Waals surface area contributed by atoms with Crippen LogP contribution in [0.25, 0.3) is 62.7 Å². The largest absolute Gasteiger partial charge is 0.305 e. The first kappa shape index (κ1) is 20.7. The van der Waals surface area contributed by atoms with Crippen molar-refractivity contribution in [1.29, 1.82) is 0 Å². The number of pyridine rings is 1. The van der Waals surface area contributed by atoms with Crippen LogP contribution < -0.4 is 0 Å². The van der Waals surface area contributed by atoms with Gasteiger partial charge in [-0.2, -0.15) is 0 Å². The summed E-state index contributed by atoms with van der Waals surface area (Å²) in [6.07, 6.45) is 1.93. The number of aromatic nitrogens is 1. The molecule has 0 bridgehead atoms. The molecule has 7 aromatic rings. The van der Waals surface area contributed by atoms with Crippen molar-refractivity contribution in [3.05, 3.63) is 103 Å². The van der Waals surface area contributed by atoms with Crippen LogP contribution in [-0.2, 0) is 20.1 Å². The van der Waals surface area contributed by atoms with Gasteiger partial charge in [-0.25, -0.2) is 0 Å². The molecular formula is C29H16IrNS2-. The molecule has 0 atom stereocenters. The number of hydrogen-bond acceptors (Lipinski definition) is 3. The van der Waals surface area contributed by atoms with E-state index in [0.29, 0.717) is 0 Å². The van der Waals surface area contributed by atoms with E-state index < -0.39 is 0 Å². The summed E-state index contributed by atoms with van der Waals surface area (Å²) in [5, 5.41) is 5.34. The first-order valence-corrected chi connectivity index (χ1v) is 12.2. The number of thiophene rings is 2. The van der Waals surface area contributed by atoms with Crippen molar-refractivity contribution < 1.29 is 20.1 Å². The molecular weight excluding hydrogens is 619 g/mol. The number of nitrogens with zero attached hydrogens (tertiary/aromatic N) is 1. The Kier molecular flexibility index (Phi) is 5.12. The van der Waals surface area contributed by atoms with E-state index in [2.05, 4.69) is 83.8 Å². The van der Waals surface area contributed by atoms with Gasteiger partial charge < -0.3 is 4.98 Å². The van der Waals surface area contributed by atoms with Crippen LogP contribution >= 0.6 is 22.7 Å². The molecule has 4 heteroatoms. The van der Waals surface area contributed by atoms with Crippen LogP contribution in [0, 0.1) is 6.07 Å². The van der Waals surface area contributed by atoms with Crippen molar-refractivity contribution in [3.63, 3.8) is 0 Å². The molecule has 0 unspecified atom stereocenters. The minimum absolute atomic E-state index is 0. The van der Waals surface area contributed by atoms with Gasteiger partial charge in [-0.3, -0.25) is 0 Å². The second-order valence-corrected chi connectivity index (χ2v) is 10.0. The van der Waals surface area contributed by atoms with Gasteiger partial charge in [-0.05, 0) is 35.5 Å². The molecule has 0 saturated heterocycles. The van der Waals surface area contributed by atoms with Crippen LogP contribution in [0.3, 0.4) is 0 Å². The van der Waals surface area contributed by atoms with Crippen LogP contribution in [0.15, 0.2) is 97.2 Å². The maximum Gasteiger partial charge on any atom is 0.0440 e. The van der Waals surface area contributed by atoms with Crippen molar-refractivity contribution in [2.45, 2.75) is 0 Å². The molecule has 1 nitrogen and oxygen atoms in total. The summed E-state index contributed by atoms with van der Waals surface area (Å²) in [4.78, 5) is 4.66. The summed E-state index contributed by atoms with van der Waals surface area (Å²) in [6, 6.07) is 35.6. The molecule has 0 amide bonds. The summed E-state index contributed by atoms with van der Waals surface area (Å²) < 4.78 is 5.34. The van der Waals surface area contributed by atoms with Crippen LogP contribution in [0.4, 0.5) is 0 Å². The molecule has 33 heavy (non-hydrogen) atoms. The van der Waals surface area contributed by atoms with Gasteiger partial charge in [0.05, 0.1) is 0 Å². The smallest absolute Gasteiger partial charge is 0.0440 e. The quantitative estimate of drug-likeness (QED) is 0.173. The van der Waals surface area contributed by atoms with Crippen molar-refractivity contribution in [2.24, 2.45) is 0 Å². The van der Waals surface area contributed by atoms with Gasteiger partial charge in [0.15, 0.2) is 0 Å². The molecule has 0 saturated carbocycles. The molecule has 7 rings (SSSR count). The second kappa shape index (κ2) is 8.16. The Morgan fingerprint density at radius 3 is 2.24 bits per heavy atom. The minimum atomic E-state index is 0. The fourth-order valence-corrected chi connectivity index (χ4v) is 7.03. The van der Waals surface area contributed by atoms with Crippen molar-refractivity contribution in [3.8, 4) is 22.4 Å². The Morgan fingerprint density at radius 1 is 0.667 bits per heavy atom. The predicted octanol–water partition coefficient (Wildman–Crippen LogP) is 8.95. The van der Waals surface area contributed by atoms with E-state index in [-0.39, 0.29) is 20.1 Å². The maximum atomic E-state index is 4.66. The topological polar surface area (TPSA) is 12.9 Å². The number of fused-ring (bicyclic) bond motifs is 6. The first-order chi connectivity index (χ1) is 15.9. The SMILES string of the molecule is [Ir].[c-]1ccccc1-c1cc(-c2c3sc4ccccc4c3cc3sc4ccccc4c23)ccn1. The third kappa shape index (κ3) is 3.25. The Hall–Kier alpha value is -2.88. The molecule has 1 radical (unpaired) electrons. The van der Waals surface area contributed by atoms with Gasteiger partial charge in [-0.1, -0.05) is 42.5 Å². The molecule has 3 heterocycles. The molecule has 0 aliphatic heterocycles. The molecule has 0 spiro atoms. The zero-order chi connectivity index (χ0) is 21.1. The number of hydrogen-bond donors (Lipinski definition) is 0.